The highest BCUT2D eigenvalue weighted by Crippen LogP contribution is 2.21. The number of hydrogen-bond acceptors (Lipinski definition) is 3. The Balaban J connectivity index is 2.05. The first-order valence-electron chi connectivity index (χ1n) is 8.80. The number of methoxy groups -OCH3 is 1. The number of rotatable bonds is 6. The van der Waals surface area contributed by atoms with Gasteiger partial charge in [-0.05, 0) is 37.0 Å². The second kappa shape index (κ2) is 8.97. The molecule has 2 rings (SSSR count). The third-order valence-corrected chi connectivity index (χ3v) is 5.36. The zero-order valence-electron chi connectivity index (χ0n) is 15.5. The molecule has 1 aromatic carbocycles. The van der Waals surface area contributed by atoms with Crippen molar-refractivity contribution < 1.29 is 13.9 Å². The molecule has 0 spiro atoms. The number of ether oxygens (including phenoxy) is 1. The Kier molecular flexibility index (Phi) is 7.23. The predicted molar refractivity (Wildman–Crippen MR) is 98.6 cm³/mol. The summed E-state index contributed by atoms with van der Waals surface area (Å²) in [7, 11) is 3.57. The molecule has 0 aromatic heterocycles. The minimum Gasteiger partial charge on any atom is -0.381 e. The van der Waals surface area contributed by atoms with Crippen LogP contribution in [-0.4, -0.2) is 61.6 Å². The van der Waals surface area contributed by atoms with Crippen LogP contribution in [0.5, 0.6) is 0 Å². The van der Waals surface area contributed by atoms with Gasteiger partial charge < -0.3 is 14.5 Å². The first-order valence-corrected chi connectivity index (χ1v) is 9.18. The van der Waals surface area contributed by atoms with Gasteiger partial charge in [-0.2, -0.15) is 0 Å². The number of carbonyl (C=O) groups excluding carboxylic acids is 1. The summed E-state index contributed by atoms with van der Waals surface area (Å²) in [6, 6.07) is 4.21. The first kappa shape index (κ1) is 20.1. The van der Waals surface area contributed by atoms with E-state index >= 15 is 0 Å². The number of nitrogens with zero attached hydrogens (tertiary/aromatic N) is 2. The van der Waals surface area contributed by atoms with Crippen LogP contribution in [0.15, 0.2) is 18.2 Å². The van der Waals surface area contributed by atoms with Crippen molar-refractivity contribution in [1.29, 1.82) is 0 Å². The number of halogens is 2. The molecule has 1 aliphatic rings. The van der Waals surface area contributed by atoms with Crippen LogP contribution >= 0.6 is 11.6 Å². The molecule has 0 bridgehead atoms. The lowest BCUT2D eigenvalue weighted by molar-refractivity contribution is 0.0271. The fraction of sp³-hybridized carbons (Fsp3) is 0.632. The SMILES string of the molecule is COC1CCN(C[C@H](C(C)C)N(C)C(=O)c2ccc(F)c(Cl)c2)CC1. The standard InChI is InChI=1S/C19H28ClFN2O2/c1-13(2)18(12-23-9-7-15(25-4)8-10-23)22(3)19(24)14-5-6-17(21)16(20)11-14/h5-6,11,13,15,18H,7-10,12H2,1-4H3/t18-/m1/s1. The van der Waals surface area contributed by atoms with Crippen molar-refractivity contribution in [1.82, 2.24) is 9.80 Å². The summed E-state index contributed by atoms with van der Waals surface area (Å²) in [5, 5.41) is -0.0259. The van der Waals surface area contributed by atoms with E-state index in [9.17, 15) is 9.18 Å². The van der Waals surface area contributed by atoms with Crippen LogP contribution in [0, 0.1) is 11.7 Å². The summed E-state index contributed by atoms with van der Waals surface area (Å²) in [4.78, 5) is 17.0. The Labute approximate surface area is 154 Å². The van der Waals surface area contributed by atoms with Crippen molar-refractivity contribution >= 4 is 17.5 Å². The maximum Gasteiger partial charge on any atom is 0.253 e. The minimum absolute atomic E-state index is 0.0259. The van der Waals surface area contributed by atoms with Crippen molar-refractivity contribution in [3.63, 3.8) is 0 Å². The van der Waals surface area contributed by atoms with E-state index in [2.05, 4.69) is 18.7 Å². The average molecular weight is 371 g/mol. The summed E-state index contributed by atoms with van der Waals surface area (Å²) < 4.78 is 18.8. The lowest BCUT2D eigenvalue weighted by atomic mass is 9.99. The van der Waals surface area contributed by atoms with Gasteiger partial charge in [0, 0.05) is 45.4 Å². The van der Waals surface area contributed by atoms with Crippen LogP contribution in [0.25, 0.3) is 0 Å². The average Bonchev–Trinajstić information content (AvgIpc) is 2.61. The Bertz CT molecular complexity index is 589. The van der Waals surface area contributed by atoms with Crippen LogP contribution in [0.1, 0.15) is 37.0 Å². The molecular formula is C19H28ClFN2O2. The molecule has 1 heterocycles. The van der Waals surface area contributed by atoms with Crippen molar-refractivity contribution in [2.45, 2.75) is 38.8 Å². The van der Waals surface area contributed by atoms with Gasteiger partial charge in [0.05, 0.1) is 11.1 Å². The second-order valence-electron chi connectivity index (χ2n) is 7.09. The van der Waals surface area contributed by atoms with E-state index in [0.29, 0.717) is 17.6 Å². The number of piperidine rings is 1. The van der Waals surface area contributed by atoms with Crippen LogP contribution in [0.2, 0.25) is 5.02 Å². The van der Waals surface area contributed by atoms with Crippen LogP contribution < -0.4 is 0 Å². The third kappa shape index (κ3) is 5.16. The summed E-state index contributed by atoms with van der Waals surface area (Å²) in [5.74, 6) is -0.334. The normalized spacial score (nSPS) is 17.7. The van der Waals surface area contributed by atoms with E-state index in [0.717, 1.165) is 32.5 Å². The topological polar surface area (TPSA) is 32.8 Å². The van der Waals surface area contributed by atoms with E-state index in [1.807, 2.05) is 7.05 Å². The van der Waals surface area contributed by atoms with Gasteiger partial charge in [-0.25, -0.2) is 4.39 Å². The number of amides is 1. The quantitative estimate of drug-likeness (QED) is 0.765. The van der Waals surface area contributed by atoms with Gasteiger partial charge in [0.15, 0.2) is 0 Å². The van der Waals surface area contributed by atoms with Gasteiger partial charge >= 0.3 is 0 Å². The number of carbonyl (C=O) groups is 1. The molecule has 0 N–H and O–H groups in total. The highest BCUT2D eigenvalue weighted by Gasteiger charge is 2.28. The zero-order chi connectivity index (χ0) is 18.6. The molecule has 1 amide bonds. The van der Waals surface area contributed by atoms with E-state index < -0.39 is 5.82 Å². The van der Waals surface area contributed by atoms with Crippen LogP contribution in [-0.2, 0) is 4.74 Å². The van der Waals surface area contributed by atoms with Crippen molar-refractivity contribution in [2.75, 3.05) is 33.8 Å². The summed E-state index contributed by atoms with van der Waals surface area (Å²) in [6.07, 6.45) is 2.38. The Morgan fingerprint density at radius 3 is 2.56 bits per heavy atom. The Morgan fingerprint density at radius 1 is 1.40 bits per heavy atom. The number of benzene rings is 1. The van der Waals surface area contributed by atoms with E-state index in [-0.39, 0.29) is 17.0 Å². The molecule has 6 heteroatoms. The Hall–Kier alpha value is -1.17. The molecule has 1 atom stereocenters. The summed E-state index contributed by atoms with van der Waals surface area (Å²) >= 11 is 5.82. The molecule has 25 heavy (non-hydrogen) atoms. The van der Waals surface area contributed by atoms with E-state index in [4.69, 9.17) is 16.3 Å². The van der Waals surface area contributed by atoms with Gasteiger partial charge in [0.1, 0.15) is 5.82 Å². The fourth-order valence-corrected chi connectivity index (χ4v) is 3.54. The first-order chi connectivity index (χ1) is 11.8. The van der Waals surface area contributed by atoms with Crippen molar-refractivity contribution in [3.05, 3.63) is 34.6 Å². The molecule has 4 nitrogen and oxygen atoms in total. The maximum absolute atomic E-state index is 13.3. The molecule has 0 saturated carbocycles. The number of likely N-dealkylation sites (N-methyl/N-ethyl adjacent to an activating group) is 1. The lowest BCUT2D eigenvalue weighted by Gasteiger charge is -2.38. The van der Waals surface area contributed by atoms with Crippen molar-refractivity contribution in [3.8, 4) is 0 Å². The number of likely N-dealkylation sites (tertiary alicyclic amines) is 1. The third-order valence-electron chi connectivity index (χ3n) is 5.07. The molecule has 1 fully saturated rings. The highest BCUT2D eigenvalue weighted by molar-refractivity contribution is 6.31. The van der Waals surface area contributed by atoms with Gasteiger partial charge in [-0.1, -0.05) is 25.4 Å². The smallest absolute Gasteiger partial charge is 0.253 e. The second-order valence-corrected chi connectivity index (χ2v) is 7.50. The van der Waals surface area contributed by atoms with Crippen molar-refractivity contribution in [2.24, 2.45) is 5.92 Å². The van der Waals surface area contributed by atoms with Gasteiger partial charge in [-0.15, -0.1) is 0 Å². The van der Waals surface area contributed by atoms with Gasteiger partial charge in [0.2, 0.25) is 0 Å². The monoisotopic (exact) mass is 370 g/mol. The minimum atomic E-state index is -0.512. The van der Waals surface area contributed by atoms with E-state index in [1.165, 1.54) is 18.2 Å². The largest absolute Gasteiger partial charge is 0.381 e. The van der Waals surface area contributed by atoms with Crippen LogP contribution in [0.3, 0.4) is 0 Å². The molecule has 0 radical (unpaired) electrons. The molecule has 1 saturated heterocycles. The molecule has 1 aliphatic heterocycles. The molecule has 1 aromatic rings. The van der Waals surface area contributed by atoms with Gasteiger partial charge in [-0.3, -0.25) is 4.79 Å². The number of hydrogen-bond donors (Lipinski definition) is 0. The highest BCUT2D eigenvalue weighted by atomic mass is 35.5. The predicted octanol–water partition coefficient (Wildman–Crippen LogP) is 3.69. The Morgan fingerprint density at radius 2 is 2.04 bits per heavy atom. The molecular weight excluding hydrogens is 343 g/mol. The maximum atomic E-state index is 13.3. The van der Waals surface area contributed by atoms with E-state index in [1.54, 1.807) is 12.0 Å². The summed E-state index contributed by atoms with van der Waals surface area (Å²) in [5.41, 5.74) is 0.414. The molecule has 0 aliphatic carbocycles. The fourth-order valence-electron chi connectivity index (χ4n) is 3.36. The molecule has 0 unspecified atom stereocenters. The molecule has 140 valence electrons. The summed E-state index contributed by atoms with van der Waals surface area (Å²) in [6.45, 7) is 7.02. The lowest BCUT2D eigenvalue weighted by Crippen LogP contribution is -2.50. The van der Waals surface area contributed by atoms with Gasteiger partial charge in [0.25, 0.3) is 5.91 Å². The van der Waals surface area contributed by atoms with Crippen LogP contribution in [0.4, 0.5) is 4.39 Å². The zero-order valence-corrected chi connectivity index (χ0v) is 16.2.